The first-order valence-electron chi connectivity index (χ1n) is 9.82. The number of hydrogen-bond donors (Lipinski definition) is 1. The summed E-state index contributed by atoms with van der Waals surface area (Å²) >= 11 is 9.48. The lowest BCUT2D eigenvalue weighted by molar-refractivity contribution is 0.550. The SMILES string of the molecule is CCCCSC1(SCCCC)N=C(N)C2(C#N)C(c3c(F)cccc3Cl)C12C#N. The van der Waals surface area contributed by atoms with Crippen molar-refractivity contribution in [2.75, 3.05) is 11.5 Å². The number of benzene rings is 1. The smallest absolute Gasteiger partial charge is 0.175 e. The molecule has 1 fully saturated rings. The maximum absolute atomic E-state index is 14.9. The molecule has 0 bridgehead atoms. The third-order valence-electron chi connectivity index (χ3n) is 5.81. The maximum Gasteiger partial charge on any atom is 0.175 e. The van der Waals surface area contributed by atoms with Crippen molar-refractivity contribution in [1.82, 2.24) is 0 Å². The van der Waals surface area contributed by atoms with Gasteiger partial charge in [0.2, 0.25) is 0 Å². The highest BCUT2D eigenvalue weighted by Gasteiger charge is 2.92. The van der Waals surface area contributed by atoms with Crippen LogP contribution in [0.4, 0.5) is 4.39 Å². The zero-order valence-corrected chi connectivity index (χ0v) is 18.9. The molecule has 8 heteroatoms. The Labute approximate surface area is 185 Å². The molecule has 0 aromatic heterocycles. The zero-order chi connectivity index (χ0) is 21.3. The molecule has 3 unspecified atom stereocenters. The molecule has 1 saturated carbocycles. The molecule has 2 aliphatic rings. The summed E-state index contributed by atoms with van der Waals surface area (Å²) in [6, 6.07) is 9.09. The Morgan fingerprint density at radius 1 is 1.17 bits per heavy atom. The molecule has 1 aliphatic carbocycles. The van der Waals surface area contributed by atoms with Gasteiger partial charge in [-0.25, -0.2) is 9.38 Å². The predicted molar refractivity (Wildman–Crippen MR) is 119 cm³/mol. The van der Waals surface area contributed by atoms with Crippen molar-refractivity contribution in [2.45, 2.75) is 49.7 Å². The standard InChI is InChI=1S/C21H24ClFN4S2/c1-3-5-10-28-21(29-11-6-4-2)20(13-25)17(19(20,12-24)18(26)27-21)16-14(22)8-7-9-15(16)23/h7-9,17H,3-6,10-11H2,1-2H3,(H2,26,27). The van der Waals surface area contributed by atoms with Crippen molar-refractivity contribution in [3.63, 3.8) is 0 Å². The van der Waals surface area contributed by atoms with Crippen LogP contribution in [0.1, 0.15) is 51.0 Å². The van der Waals surface area contributed by atoms with Gasteiger partial charge in [-0.05, 0) is 36.5 Å². The van der Waals surface area contributed by atoms with E-state index in [9.17, 15) is 14.9 Å². The molecule has 0 amide bonds. The Balaban J connectivity index is 2.16. The second-order valence-electron chi connectivity index (χ2n) is 7.39. The minimum atomic E-state index is -1.36. The van der Waals surface area contributed by atoms with E-state index in [0.717, 1.165) is 37.2 Å². The average Bonchev–Trinajstić information content (AvgIpc) is 3.25. The molecule has 154 valence electrons. The zero-order valence-electron chi connectivity index (χ0n) is 16.5. The molecule has 2 N–H and O–H groups in total. The summed E-state index contributed by atoms with van der Waals surface area (Å²) in [5.74, 6) is 0.447. The van der Waals surface area contributed by atoms with Crippen LogP contribution in [0.2, 0.25) is 5.02 Å². The van der Waals surface area contributed by atoms with Gasteiger partial charge in [-0.1, -0.05) is 44.4 Å². The first-order chi connectivity index (χ1) is 13.9. The van der Waals surface area contributed by atoms with Gasteiger partial charge in [-0.3, -0.25) is 0 Å². The largest absolute Gasteiger partial charge is 0.386 e. The highest BCUT2D eigenvalue weighted by Crippen LogP contribution is 2.86. The molecular weight excluding hydrogens is 427 g/mol. The Bertz CT molecular complexity index is 879. The first-order valence-corrected chi connectivity index (χ1v) is 12.2. The Morgan fingerprint density at radius 3 is 2.28 bits per heavy atom. The van der Waals surface area contributed by atoms with E-state index in [1.807, 2.05) is 0 Å². The summed E-state index contributed by atoms with van der Waals surface area (Å²) in [7, 11) is 0. The second kappa shape index (κ2) is 8.38. The molecule has 1 aliphatic heterocycles. The van der Waals surface area contributed by atoms with Gasteiger partial charge in [0.05, 0.1) is 12.1 Å². The maximum atomic E-state index is 14.9. The van der Waals surface area contributed by atoms with E-state index < -0.39 is 26.8 Å². The van der Waals surface area contributed by atoms with Crippen LogP contribution in [0.15, 0.2) is 23.2 Å². The molecule has 0 radical (unpaired) electrons. The van der Waals surface area contributed by atoms with Crippen molar-refractivity contribution in [2.24, 2.45) is 21.6 Å². The number of nitrogens with zero attached hydrogens (tertiary/aromatic N) is 3. The number of fused-ring (bicyclic) bond motifs is 1. The van der Waals surface area contributed by atoms with Gasteiger partial charge in [0, 0.05) is 16.5 Å². The van der Waals surface area contributed by atoms with Crippen molar-refractivity contribution in [3.8, 4) is 12.1 Å². The van der Waals surface area contributed by atoms with Crippen LogP contribution in [-0.4, -0.2) is 21.5 Å². The lowest BCUT2D eigenvalue weighted by Crippen LogP contribution is -2.32. The Hall–Kier alpha value is -1.41. The normalized spacial score (nSPS) is 28.9. The molecule has 4 nitrogen and oxygen atoms in total. The van der Waals surface area contributed by atoms with Crippen LogP contribution in [-0.2, 0) is 0 Å². The van der Waals surface area contributed by atoms with Crippen LogP contribution in [0.25, 0.3) is 0 Å². The number of nitriles is 2. The number of thioether (sulfide) groups is 2. The summed E-state index contributed by atoms with van der Waals surface area (Å²) in [5, 5.41) is 20.8. The second-order valence-corrected chi connectivity index (χ2v) is 10.6. The summed E-state index contributed by atoms with van der Waals surface area (Å²) in [5.41, 5.74) is 3.92. The highest BCUT2D eigenvalue weighted by molar-refractivity contribution is 8.18. The molecular formula is C21H24ClFN4S2. The number of nitrogens with two attached hydrogens (primary N) is 1. The van der Waals surface area contributed by atoms with E-state index in [-0.39, 0.29) is 16.4 Å². The molecule has 1 aromatic rings. The summed E-state index contributed by atoms with van der Waals surface area (Å²) in [4.78, 5) is 4.73. The molecule has 29 heavy (non-hydrogen) atoms. The van der Waals surface area contributed by atoms with Crippen molar-refractivity contribution < 1.29 is 4.39 Å². The van der Waals surface area contributed by atoms with Crippen LogP contribution < -0.4 is 5.73 Å². The summed E-state index contributed by atoms with van der Waals surface area (Å²) < 4.78 is 13.9. The van der Waals surface area contributed by atoms with Gasteiger partial charge in [-0.15, -0.1) is 23.5 Å². The molecule has 0 saturated heterocycles. The molecule has 1 aromatic carbocycles. The van der Waals surface area contributed by atoms with Crippen LogP contribution in [0.3, 0.4) is 0 Å². The van der Waals surface area contributed by atoms with E-state index in [2.05, 4.69) is 26.0 Å². The van der Waals surface area contributed by atoms with E-state index in [1.54, 1.807) is 29.6 Å². The first kappa shape index (κ1) is 22.3. The Morgan fingerprint density at radius 2 is 1.79 bits per heavy atom. The number of rotatable bonds is 9. The number of halogens is 2. The Kier molecular flexibility index (Phi) is 6.44. The molecule has 1 heterocycles. The average molecular weight is 451 g/mol. The number of hydrogen-bond acceptors (Lipinski definition) is 6. The topological polar surface area (TPSA) is 86.0 Å². The molecule has 0 spiro atoms. The van der Waals surface area contributed by atoms with Gasteiger partial charge in [0.15, 0.2) is 4.20 Å². The number of aliphatic imine (C=N–C) groups is 1. The quantitative estimate of drug-likeness (QED) is 0.386. The van der Waals surface area contributed by atoms with Crippen molar-refractivity contribution in [1.29, 1.82) is 10.5 Å². The van der Waals surface area contributed by atoms with Gasteiger partial charge in [-0.2, -0.15) is 10.5 Å². The van der Waals surface area contributed by atoms with Gasteiger partial charge >= 0.3 is 0 Å². The van der Waals surface area contributed by atoms with Crippen molar-refractivity contribution in [3.05, 3.63) is 34.6 Å². The summed E-state index contributed by atoms with van der Waals surface area (Å²) in [6.07, 6.45) is 3.94. The van der Waals surface area contributed by atoms with E-state index in [4.69, 9.17) is 22.3 Å². The fraction of sp³-hybridized carbons (Fsp3) is 0.571. The van der Waals surface area contributed by atoms with Crippen molar-refractivity contribution >= 4 is 41.0 Å². The third kappa shape index (κ3) is 2.97. The fourth-order valence-corrected chi connectivity index (χ4v) is 8.24. The molecule has 3 rings (SSSR count). The van der Waals surface area contributed by atoms with Gasteiger partial charge in [0.1, 0.15) is 22.5 Å². The van der Waals surface area contributed by atoms with Gasteiger partial charge in [0.25, 0.3) is 0 Å². The van der Waals surface area contributed by atoms with Gasteiger partial charge < -0.3 is 5.73 Å². The third-order valence-corrected chi connectivity index (χ3v) is 9.44. The van der Waals surface area contributed by atoms with E-state index >= 15 is 0 Å². The lowest BCUT2D eigenvalue weighted by atomic mass is 9.97. The minimum Gasteiger partial charge on any atom is -0.386 e. The van der Waals surface area contributed by atoms with E-state index in [1.165, 1.54) is 12.1 Å². The molecule has 3 atom stereocenters. The van der Waals surface area contributed by atoms with Crippen LogP contribution >= 0.6 is 35.1 Å². The number of amidine groups is 1. The van der Waals surface area contributed by atoms with E-state index in [0.29, 0.717) is 0 Å². The lowest BCUT2D eigenvalue weighted by Gasteiger charge is -2.32. The minimum absolute atomic E-state index is 0.124. The van der Waals surface area contributed by atoms with Crippen LogP contribution in [0.5, 0.6) is 0 Å². The number of unbranched alkanes of at least 4 members (excludes halogenated alkanes) is 2. The fourth-order valence-electron chi connectivity index (χ4n) is 4.29. The van der Waals surface area contributed by atoms with Crippen LogP contribution in [0, 0.1) is 39.3 Å². The summed E-state index contributed by atoms with van der Waals surface area (Å²) in [6.45, 7) is 4.20. The predicted octanol–water partition coefficient (Wildman–Crippen LogP) is 5.69. The monoisotopic (exact) mass is 450 g/mol. The highest BCUT2D eigenvalue weighted by atomic mass is 35.5.